The van der Waals surface area contributed by atoms with Crippen LogP contribution < -0.4 is 0 Å². The first-order valence-electron chi connectivity index (χ1n) is 11.2. The van der Waals surface area contributed by atoms with Gasteiger partial charge in [-0.1, -0.05) is 29.8 Å². The SMILES string of the molecule is Cc1ccc(C=C2C(=O)N(CC(=O)N(CCO)CCO)C(=O)N2CC(=O)N(CCO)CCO)cc1. The molecular weight excluding hydrogens is 460 g/mol. The molecule has 0 saturated carbocycles. The summed E-state index contributed by atoms with van der Waals surface area (Å²) in [5.74, 6) is -2.03. The lowest BCUT2D eigenvalue weighted by Crippen LogP contribution is -2.46. The van der Waals surface area contributed by atoms with E-state index in [1.807, 2.05) is 19.1 Å². The zero-order valence-corrected chi connectivity index (χ0v) is 19.7. The van der Waals surface area contributed by atoms with Crippen molar-refractivity contribution >= 4 is 29.8 Å². The first-order valence-corrected chi connectivity index (χ1v) is 11.2. The van der Waals surface area contributed by atoms with Gasteiger partial charge in [-0.05, 0) is 18.6 Å². The predicted octanol–water partition coefficient (Wildman–Crippen LogP) is -1.77. The molecule has 0 bridgehead atoms. The smallest absolute Gasteiger partial charge is 0.332 e. The van der Waals surface area contributed by atoms with Crippen molar-refractivity contribution in [3.8, 4) is 0 Å². The number of aliphatic hydroxyl groups is 4. The van der Waals surface area contributed by atoms with Gasteiger partial charge >= 0.3 is 6.03 Å². The van der Waals surface area contributed by atoms with Crippen LogP contribution >= 0.6 is 0 Å². The molecule has 0 atom stereocenters. The van der Waals surface area contributed by atoms with Crippen LogP contribution in [0.25, 0.3) is 6.08 Å². The fraction of sp³-hybridized carbons (Fsp3) is 0.478. The van der Waals surface area contributed by atoms with E-state index >= 15 is 0 Å². The van der Waals surface area contributed by atoms with Crippen LogP contribution in [0.3, 0.4) is 0 Å². The Kier molecular flexibility index (Phi) is 10.8. The number of rotatable bonds is 13. The maximum Gasteiger partial charge on any atom is 0.332 e. The van der Waals surface area contributed by atoms with Crippen LogP contribution in [0.5, 0.6) is 0 Å². The highest BCUT2D eigenvalue weighted by molar-refractivity contribution is 6.16. The topological polar surface area (TPSA) is 162 Å². The van der Waals surface area contributed by atoms with Gasteiger partial charge in [-0.3, -0.25) is 19.3 Å². The Balaban J connectivity index is 2.37. The third-order valence-electron chi connectivity index (χ3n) is 5.37. The Morgan fingerprint density at radius 1 is 0.771 bits per heavy atom. The fourth-order valence-corrected chi connectivity index (χ4v) is 3.52. The Morgan fingerprint density at radius 3 is 1.63 bits per heavy atom. The van der Waals surface area contributed by atoms with Crippen LogP contribution in [-0.2, 0) is 14.4 Å². The number of hydrogen-bond donors (Lipinski definition) is 4. The molecule has 5 amide bonds. The summed E-state index contributed by atoms with van der Waals surface area (Å²) < 4.78 is 0. The van der Waals surface area contributed by atoms with Gasteiger partial charge in [0.2, 0.25) is 11.8 Å². The third kappa shape index (κ3) is 7.33. The normalized spacial score (nSPS) is 14.7. The lowest BCUT2D eigenvalue weighted by molar-refractivity contribution is -0.136. The van der Waals surface area contributed by atoms with Gasteiger partial charge in [0.15, 0.2) is 0 Å². The fourth-order valence-electron chi connectivity index (χ4n) is 3.52. The van der Waals surface area contributed by atoms with E-state index in [4.69, 9.17) is 10.2 Å². The van der Waals surface area contributed by atoms with E-state index in [0.717, 1.165) is 15.4 Å². The molecule has 1 saturated heterocycles. The summed E-state index contributed by atoms with van der Waals surface area (Å²) in [5.41, 5.74) is 1.47. The lowest BCUT2D eigenvalue weighted by Gasteiger charge is -2.25. The summed E-state index contributed by atoms with van der Waals surface area (Å²) >= 11 is 0. The molecule has 1 fully saturated rings. The molecule has 1 aliphatic heterocycles. The molecule has 0 aliphatic carbocycles. The minimum absolute atomic E-state index is 0.0636. The Morgan fingerprint density at radius 2 is 1.20 bits per heavy atom. The average molecular weight is 493 g/mol. The molecule has 2 rings (SSSR count). The number of aryl methyl sites for hydroxylation is 1. The van der Waals surface area contributed by atoms with Crippen molar-refractivity contribution in [2.24, 2.45) is 0 Å². The molecule has 1 aromatic carbocycles. The summed E-state index contributed by atoms with van der Waals surface area (Å²) in [6.07, 6.45) is 1.44. The third-order valence-corrected chi connectivity index (χ3v) is 5.37. The van der Waals surface area contributed by atoms with Crippen molar-refractivity contribution in [2.75, 3.05) is 65.7 Å². The van der Waals surface area contributed by atoms with E-state index in [9.17, 15) is 29.4 Å². The van der Waals surface area contributed by atoms with E-state index in [0.29, 0.717) is 10.5 Å². The molecule has 0 aromatic heterocycles. The average Bonchev–Trinajstić information content (AvgIpc) is 3.04. The minimum Gasteiger partial charge on any atom is -0.395 e. The van der Waals surface area contributed by atoms with Crippen molar-refractivity contribution in [3.05, 3.63) is 41.1 Å². The van der Waals surface area contributed by atoms with Crippen LogP contribution in [-0.4, -0.2) is 129 Å². The Labute approximate surface area is 203 Å². The van der Waals surface area contributed by atoms with E-state index in [-0.39, 0.29) is 58.3 Å². The zero-order valence-electron chi connectivity index (χ0n) is 19.7. The number of carbonyl (C=O) groups is 4. The monoisotopic (exact) mass is 492 g/mol. The number of urea groups is 1. The van der Waals surface area contributed by atoms with E-state index in [1.54, 1.807) is 12.1 Å². The summed E-state index contributed by atoms with van der Waals surface area (Å²) in [6.45, 7) is -1.00. The second-order valence-corrected chi connectivity index (χ2v) is 7.86. The highest BCUT2D eigenvalue weighted by atomic mass is 16.3. The molecular formula is C23H32N4O8. The molecule has 4 N–H and O–H groups in total. The van der Waals surface area contributed by atoms with Gasteiger partial charge in [-0.2, -0.15) is 0 Å². The summed E-state index contributed by atoms with van der Waals surface area (Å²) in [7, 11) is 0. The molecule has 1 aliphatic rings. The molecule has 1 heterocycles. The number of aliphatic hydroxyl groups excluding tert-OH is 4. The highest BCUT2D eigenvalue weighted by Gasteiger charge is 2.43. The minimum atomic E-state index is -0.879. The number of carbonyl (C=O) groups excluding carboxylic acids is 4. The first kappa shape index (κ1) is 27.9. The van der Waals surface area contributed by atoms with Crippen LogP contribution in [0.2, 0.25) is 0 Å². The zero-order chi connectivity index (χ0) is 26.0. The quantitative estimate of drug-likeness (QED) is 0.186. The van der Waals surface area contributed by atoms with Crippen LogP contribution in [0.15, 0.2) is 30.0 Å². The molecule has 0 unspecified atom stereocenters. The molecule has 12 heteroatoms. The van der Waals surface area contributed by atoms with Gasteiger partial charge < -0.3 is 30.2 Å². The number of benzene rings is 1. The highest BCUT2D eigenvalue weighted by Crippen LogP contribution is 2.24. The molecule has 12 nitrogen and oxygen atoms in total. The van der Waals surface area contributed by atoms with Crippen molar-refractivity contribution < 1.29 is 39.6 Å². The van der Waals surface area contributed by atoms with Crippen LogP contribution in [0.4, 0.5) is 4.79 Å². The van der Waals surface area contributed by atoms with Crippen LogP contribution in [0, 0.1) is 6.92 Å². The Hall–Kier alpha value is -3.32. The van der Waals surface area contributed by atoms with Gasteiger partial charge in [0.25, 0.3) is 5.91 Å². The number of nitrogens with zero attached hydrogens (tertiary/aromatic N) is 4. The predicted molar refractivity (Wildman–Crippen MR) is 124 cm³/mol. The largest absolute Gasteiger partial charge is 0.395 e. The first-order chi connectivity index (χ1) is 16.8. The number of imide groups is 1. The second-order valence-electron chi connectivity index (χ2n) is 7.86. The summed E-state index contributed by atoms with van der Waals surface area (Å²) in [6, 6.07) is 6.23. The standard InChI is InChI=1S/C23H32N4O8/c1-17-2-4-18(5-3-17)14-19-22(34)27(16-21(33)25(8-12-30)9-13-31)23(35)26(19)15-20(32)24(6-10-28)7-11-29/h2-5,14,28-31H,6-13,15-16H2,1H3. The second kappa shape index (κ2) is 13.5. The van der Waals surface area contributed by atoms with Gasteiger partial charge in [0.05, 0.1) is 26.4 Å². The molecule has 0 spiro atoms. The lowest BCUT2D eigenvalue weighted by atomic mass is 10.1. The van der Waals surface area contributed by atoms with Gasteiger partial charge in [-0.15, -0.1) is 0 Å². The maximum absolute atomic E-state index is 13.2. The molecule has 0 radical (unpaired) electrons. The van der Waals surface area contributed by atoms with Crippen molar-refractivity contribution in [1.29, 1.82) is 0 Å². The van der Waals surface area contributed by atoms with Crippen molar-refractivity contribution in [1.82, 2.24) is 19.6 Å². The number of hydrogen-bond acceptors (Lipinski definition) is 8. The van der Waals surface area contributed by atoms with E-state index in [2.05, 4.69) is 0 Å². The number of amides is 5. The summed E-state index contributed by atoms with van der Waals surface area (Å²) in [5, 5.41) is 36.7. The molecule has 192 valence electrons. The van der Waals surface area contributed by atoms with E-state index < -0.39 is 36.8 Å². The summed E-state index contributed by atoms with van der Waals surface area (Å²) in [4.78, 5) is 55.8. The van der Waals surface area contributed by atoms with Crippen molar-refractivity contribution in [2.45, 2.75) is 6.92 Å². The maximum atomic E-state index is 13.2. The van der Waals surface area contributed by atoms with Gasteiger partial charge in [0.1, 0.15) is 18.8 Å². The van der Waals surface area contributed by atoms with Gasteiger partial charge in [-0.25, -0.2) is 9.69 Å². The molecule has 35 heavy (non-hydrogen) atoms. The van der Waals surface area contributed by atoms with Gasteiger partial charge in [0, 0.05) is 26.2 Å². The van der Waals surface area contributed by atoms with Crippen molar-refractivity contribution in [3.63, 3.8) is 0 Å². The van der Waals surface area contributed by atoms with Crippen LogP contribution in [0.1, 0.15) is 11.1 Å². The van der Waals surface area contributed by atoms with E-state index in [1.165, 1.54) is 11.0 Å². The molecule has 1 aromatic rings. The Bertz CT molecular complexity index is 922.